The number of pyridine rings is 1. The Kier molecular flexibility index (Phi) is 4.73. The van der Waals surface area contributed by atoms with E-state index >= 15 is 0 Å². The second-order valence-electron chi connectivity index (χ2n) is 6.85. The number of rotatable bonds is 4. The van der Waals surface area contributed by atoms with Gasteiger partial charge >= 0.3 is 0 Å². The van der Waals surface area contributed by atoms with E-state index in [2.05, 4.69) is 51.7 Å². The summed E-state index contributed by atoms with van der Waals surface area (Å²) in [5, 5.41) is 0. The number of imidazole rings is 1. The topological polar surface area (TPSA) is 34.0 Å². The van der Waals surface area contributed by atoms with Crippen molar-refractivity contribution in [2.45, 2.75) is 38.2 Å². The van der Waals surface area contributed by atoms with E-state index in [1.807, 2.05) is 12.3 Å². The molecule has 3 aromatic rings. The molecule has 1 aliphatic rings. The highest BCUT2D eigenvalue weighted by Crippen LogP contribution is 2.29. The van der Waals surface area contributed by atoms with E-state index in [-0.39, 0.29) is 0 Å². The average Bonchev–Trinajstić information content (AvgIpc) is 3.03. The lowest BCUT2D eigenvalue weighted by atomic mass is 10.0. The summed E-state index contributed by atoms with van der Waals surface area (Å²) >= 11 is 6.22. The summed E-state index contributed by atoms with van der Waals surface area (Å²) in [6, 6.07) is 13.1. The number of benzene rings is 1. The first kappa shape index (κ1) is 16.6. The third kappa shape index (κ3) is 3.29. The van der Waals surface area contributed by atoms with Crippen LogP contribution in [0.1, 0.15) is 35.8 Å². The standard InChI is InChI=1S/C20H23ClN4/c1-15-9-10-22-20-19(15)23-18(12-21)25(20)17-8-5-11-24(14-17)13-16-6-3-2-4-7-16/h2-4,6-7,9-10,17H,5,8,11-14H2,1H3. The van der Waals surface area contributed by atoms with Gasteiger partial charge in [0.15, 0.2) is 5.65 Å². The highest BCUT2D eigenvalue weighted by atomic mass is 35.5. The number of alkyl halides is 1. The Bertz CT molecular complexity index is 859. The zero-order chi connectivity index (χ0) is 17.2. The summed E-state index contributed by atoms with van der Waals surface area (Å²) in [7, 11) is 0. The zero-order valence-electron chi connectivity index (χ0n) is 14.5. The van der Waals surface area contributed by atoms with Gasteiger partial charge in [-0.25, -0.2) is 9.97 Å². The molecule has 0 aliphatic carbocycles. The Balaban J connectivity index is 1.63. The molecule has 1 saturated heterocycles. The van der Waals surface area contributed by atoms with Crippen molar-refractivity contribution in [3.8, 4) is 0 Å². The molecule has 2 aromatic heterocycles. The Morgan fingerprint density at radius 1 is 1.20 bits per heavy atom. The molecule has 1 fully saturated rings. The summed E-state index contributed by atoms with van der Waals surface area (Å²) in [4.78, 5) is 11.9. The molecule has 0 radical (unpaired) electrons. The molecule has 4 rings (SSSR count). The van der Waals surface area contributed by atoms with Crippen molar-refractivity contribution in [1.29, 1.82) is 0 Å². The molecular weight excluding hydrogens is 332 g/mol. The molecule has 0 spiro atoms. The van der Waals surface area contributed by atoms with Gasteiger partial charge in [-0.05, 0) is 43.5 Å². The van der Waals surface area contributed by atoms with Gasteiger partial charge in [-0.2, -0.15) is 0 Å². The summed E-state index contributed by atoms with van der Waals surface area (Å²) in [5.41, 5.74) is 4.48. The fourth-order valence-electron chi connectivity index (χ4n) is 3.86. The number of fused-ring (bicyclic) bond motifs is 1. The number of aromatic nitrogens is 3. The molecule has 25 heavy (non-hydrogen) atoms. The molecule has 4 nitrogen and oxygen atoms in total. The molecule has 1 atom stereocenters. The van der Waals surface area contributed by atoms with Gasteiger partial charge in [-0.3, -0.25) is 4.90 Å². The van der Waals surface area contributed by atoms with E-state index in [4.69, 9.17) is 16.6 Å². The van der Waals surface area contributed by atoms with Crippen LogP contribution in [0.15, 0.2) is 42.6 Å². The van der Waals surface area contributed by atoms with Gasteiger partial charge in [0.05, 0.1) is 5.88 Å². The molecule has 3 heterocycles. The van der Waals surface area contributed by atoms with Crippen molar-refractivity contribution in [2.24, 2.45) is 0 Å². The van der Waals surface area contributed by atoms with Gasteiger partial charge < -0.3 is 4.57 Å². The van der Waals surface area contributed by atoms with Crippen molar-refractivity contribution < 1.29 is 0 Å². The van der Waals surface area contributed by atoms with Crippen LogP contribution in [-0.4, -0.2) is 32.5 Å². The predicted molar refractivity (Wildman–Crippen MR) is 102 cm³/mol. The molecule has 1 aromatic carbocycles. The van der Waals surface area contributed by atoms with Crippen LogP contribution in [0.25, 0.3) is 11.2 Å². The maximum Gasteiger partial charge on any atom is 0.160 e. The highest BCUT2D eigenvalue weighted by molar-refractivity contribution is 6.16. The van der Waals surface area contributed by atoms with Crippen LogP contribution < -0.4 is 0 Å². The van der Waals surface area contributed by atoms with Crippen LogP contribution in [0.3, 0.4) is 0 Å². The zero-order valence-corrected chi connectivity index (χ0v) is 15.3. The van der Waals surface area contributed by atoms with Crippen molar-refractivity contribution in [1.82, 2.24) is 19.4 Å². The van der Waals surface area contributed by atoms with E-state index in [1.54, 1.807) is 0 Å². The van der Waals surface area contributed by atoms with Gasteiger partial charge in [0.1, 0.15) is 11.3 Å². The van der Waals surface area contributed by atoms with Gasteiger partial charge in [-0.1, -0.05) is 30.3 Å². The quantitative estimate of drug-likeness (QED) is 0.654. The van der Waals surface area contributed by atoms with E-state index in [1.165, 1.54) is 12.0 Å². The van der Waals surface area contributed by atoms with E-state index in [0.717, 1.165) is 48.6 Å². The Morgan fingerprint density at radius 2 is 2.04 bits per heavy atom. The number of halogens is 1. The summed E-state index contributed by atoms with van der Waals surface area (Å²) in [6.07, 6.45) is 4.21. The minimum atomic E-state index is 0.380. The minimum Gasteiger partial charge on any atom is -0.307 e. The predicted octanol–water partition coefficient (Wildman–Crippen LogP) is 4.32. The van der Waals surface area contributed by atoms with Gasteiger partial charge in [-0.15, -0.1) is 11.6 Å². The number of piperidine rings is 1. The number of nitrogens with zero attached hydrogens (tertiary/aromatic N) is 4. The molecule has 1 aliphatic heterocycles. The number of aryl methyl sites for hydroxylation is 1. The van der Waals surface area contributed by atoms with Gasteiger partial charge in [0.25, 0.3) is 0 Å². The van der Waals surface area contributed by atoms with Crippen molar-refractivity contribution in [2.75, 3.05) is 13.1 Å². The SMILES string of the molecule is Cc1ccnc2c1nc(CCl)n2C1CCCN(Cc2ccccc2)C1. The van der Waals surface area contributed by atoms with Crippen LogP contribution in [0.4, 0.5) is 0 Å². The third-order valence-electron chi connectivity index (χ3n) is 5.07. The molecule has 130 valence electrons. The second-order valence-corrected chi connectivity index (χ2v) is 7.12. The smallest absolute Gasteiger partial charge is 0.160 e. The lowest BCUT2D eigenvalue weighted by Gasteiger charge is -2.34. The van der Waals surface area contributed by atoms with Crippen LogP contribution in [0.5, 0.6) is 0 Å². The molecule has 0 saturated carbocycles. The van der Waals surface area contributed by atoms with E-state index in [9.17, 15) is 0 Å². The molecular formula is C20H23ClN4. The van der Waals surface area contributed by atoms with Crippen LogP contribution in [0.2, 0.25) is 0 Å². The van der Waals surface area contributed by atoms with E-state index < -0.39 is 0 Å². The number of hydrogen-bond acceptors (Lipinski definition) is 3. The fourth-order valence-corrected chi connectivity index (χ4v) is 4.05. The lowest BCUT2D eigenvalue weighted by Crippen LogP contribution is -2.36. The van der Waals surface area contributed by atoms with E-state index in [0.29, 0.717) is 11.9 Å². The van der Waals surface area contributed by atoms with Gasteiger partial charge in [0, 0.05) is 25.3 Å². The summed E-state index contributed by atoms with van der Waals surface area (Å²) in [5.74, 6) is 1.36. The first-order valence-corrected chi connectivity index (χ1v) is 9.44. The first-order chi connectivity index (χ1) is 12.3. The van der Waals surface area contributed by atoms with Crippen molar-refractivity contribution in [3.05, 3.63) is 59.5 Å². The van der Waals surface area contributed by atoms with Crippen molar-refractivity contribution >= 4 is 22.8 Å². The summed E-state index contributed by atoms with van der Waals surface area (Å²) < 4.78 is 2.28. The normalized spacial score (nSPS) is 18.7. The molecule has 5 heteroatoms. The largest absolute Gasteiger partial charge is 0.307 e. The Hall–Kier alpha value is -1.91. The maximum atomic E-state index is 6.22. The average molecular weight is 355 g/mol. The molecule has 0 N–H and O–H groups in total. The summed E-state index contributed by atoms with van der Waals surface area (Å²) in [6.45, 7) is 5.23. The van der Waals surface area contributed by atoms with Crippen molar-refractivity contribution in [3.63, 3.8) is 0 Å². The Morgan fingerprint density at radius 3 is 2.84 bits per heavy atom. The monoisotopic (exact) mass is 354 g/mol. The second kappa shape index (κ2) is 7.14. The minimum absolute atomic E-state index is 0.380. The molecule has 0 amide bonds. The molecule has 1 unspecified atom stereocenters. The molecule has 0 bridgehead atoms. The van der Waals surface area contributed by atoms with Gasteiger partial charge in [0.2, 0.25) is 0 Å². The van der Waals surface area contributed by atoms with Crippen LogP contribution >= 0.6 is 11.6 Å². The van der Waals surface area contributed by atoms with Crippen LogP contribution in [-0.2, 0) is 12.4 Å². The Labute approximate surface area is 153 Å². The highest BCUT2D eigenvalue weighted by Gasteiger charge is 2.26. The number of likely N-dealkylation sites (tertiary alicyclic amines) is 1. The lowest BCUT2D eigenvalue weighted by molar-refractivity contribution is 0.170. The van der Waals surface area contributed by atoms with Crippen LogP contribution in [0, 0.1) is 6.92 Å². The maximum absolute atomic E-state index is 6.22. The first-order valence-electron chi connectivity index (χ1n) is 8.91. The fraction of sp³-hybridized carbons (Fsp3) is 0.400. The third-order valence-corrected chi connectivity index (χ3v) is 5.31. The number of hydrogen-bond donors (Lipinski definition) is 0.